The number of hydrogen-bond acceptors (Lipinski definition) is 3. The van der Waals surface area contributed by atoms with Crippen molar-refractivity contribution in [3.63, 3.8) is 0 Å². The summed E-state index contributed by atoms with van der Waals surface area (Å²) in [5, 5.41) is 0. The average molecular weight is 221 g/mol. The standard InChI is InChI=1S/C13H19NO2/c1-4-14(3)9-11-8-13-12(7-10(11)2)15-5-6-16-13/h7-8H,4-6,9H2,1-3H3. The minimum atomic E-state index is 0.652. The molecule has 1 aliphatic rings. The molecule has 0 N–H and O–H groups in total. The molecular formula is C13H19NO2. The SMILES string of the molecule is CCN(C)Cc1cc2c(cc1C)OCCO2. The van der Waals surface area contributed by atoms with Crippen molar-refractivity contribution >= 4 is 0 Å². The number of benzene rings is 1. The van der Waals surface area contributed by atoms with Gasteiger partial charge in [-0.1, -0.05) is 6.92 Å². The predicted molar refractivity (Wildman–Crippen MR) is 64.2 cm³/mol. The third-order valence-corrected chi connectivity index (χ3v) is 2.98. The third-order valence-electron chi connectivity index (χ3n) is 2.98. The summed E-state index contributed by atoms with van der Waals surface area (Å²) >= 11 is 0. The summed E-state index contributed by atoms with van der Waals surface area (Å²) in [4.78, 5) is 2.28. The van der Waals surface area contributed by atoms with E-state index < -0.39 is 0 Å². The van der Waals surface area contributed by atoms with Gasteiger partial charge < -0.3 is 14.4 Å². The molecule has 0 saturated heterocycles. The van der Waals surface area contributed by atoms with Gasteiger partial charge in [-0.15, -0.1) is 0 Å². The maximum atomic E-state index is 5.59. The molecule has 16 heavy (non-hydrogen) atoms. The first-order valence-electron chi connectivity index (χ1n) is 5.78. The van der Waals surface area contributed by atoms with E-state index in [2.05, 4.69) is 37.9 Å². The van der Waals surface area contributed by atoms with E-state index in [0.717, 1.165) is 24.6 Å². The molecule has 1 aromatic carbocycles. The lowest BCUT2D eigenvalue weighted by Gasteiger charge is -2.22. The number of fused-ring (bicyclic) bond motifs is 1. The second kappa shape index (κ2) is 4.74. The van der Waals surface area contributed by atoms with Crippen LogP contribution >= 0.6 is 0 Å². The van der Waals surface area contributed by atoms with Crippen molar-refractivity contribution < 1.29 is 9.47 Å². The van der Waals surface area contributed by atoms with Gasteiger partial charge in [0.25, 0.3) is 0 Å². The lowest BCUT2D eigenvalue weighted by Crippen LogP contribution is -2.19. The summed E-state index contributed by atoms with van der Waals surface area (Å²) in [6.07, 6.45) is 0. The van der Waals surface area contributed by atoms with Crippen LogP contribution in [0.4, 0.5) is 0 Å². The van der Waals surface area contributed by atoms with Crippen molar-refractivity contribution in [1.29, 1.82) is 0 Å². The molecule has 1 aromatic rings. The summed E-state index contributed by atoms with van der Waals surface area (Å²) in [7, 11) is 2.12. The van der Waals surface area contributed by atoms with Crippen molar-refractivity contribution in [3.05, 3.63) is 23.3 Å². The maximum Gasteiger partial charge on any atom is 0.161 e. The molecule has 0 spiro atoms. The molecule has 88 valence electrons. The Morgan fingerprint density at radius 3 is 2.44 bits per heavy atom. The Balaban J connectivity index is 2.25. The van der Waals surface area contributed by atoms with Gasteiger partial charge in [0.2, 0.25) is 0 Å². The highest BCUT2D eigenvalue weighted by Gasteiger charge is 2.14. The van der Waals surface area contributed by atoms with Gasteiger partial charge in [0.05, 0.1) is 0 Å². The van der Waals surface area contributed by atoms with Crippen LogP contribution in [-0.4, -0.2) is 31.7 Å². The molecule has 0 radical (unpaired) electrons. The maximum absolute atomic E-state index is 5.59. The van der Waals surface area contributed by atoms with Gasteiger partial charge in [0, 0.05) is 6.54 Å². The Morgan fingerprint density at radius 2 is 1.81 bits per heavy atom. The van der Waals surface area contributed by atoms with Crippen LogP contribution in [-0.2, 0) is 6.54 Å². The molecular weight excluding hydrogens is 202 g/mol. The Bertz CT molecular complexity index is 376. The smallest absolute Gasteiger partial charge is 0.161 e. The van der Waals surface area contributed by atoms with Crippen molar-refractivity contribution in [2.45, 2.75) is 20.4 Å². The predicted octanol–water partition coefficient (Wildman–Crippen LogP) is 2.22. The van der Waals surface area contributed by atoms with Gasteiger partial charge in [0.15, 0.2) is 11.5 Å². The first-order valence-corrected chi connectivity index (χ1v) is 5.78. The summed E-state index contributed by atoms with van der Waals surface area (Å²) in [5.41, 5.74) is 2.58. The van der Waals surface area contributed by atoms with Crippen LogP contribution in [0.3, 0.4) is 0 Å². The Kier molecular flexibility index (Phi) is 3.34. The number of hydrogen-bond donors (Lipinski definition) is 0. The molecule has 0 amide bonds. The van der Waals surface area contributed by atoms with E-state index >= 15 is 0 Å². The molecule has 0 fully saturated rings. The van der Waals surface area contributed by atoms with E-state index in [4.69, 9.17) is 9.47 Å². The molecule has 0 atom stereocenters. The average Bonchev–Trinajstić information content (AvgIpc) is 2.30. The number of ether oxygens (including phenoxy) is 2. The fraction of sp³-hybridized carbons (Fsp3) is 0.538. The van der Waals surface area contributed by atoms with Gasteiger partial charge >= 0.3 is 0 Å². The molecule has 0 unspecified atom stereocenters. The number of nitrogens with zero attached hydrogens (tertiary/aromatic N) is 1. The van der Waals surface area contributed by atoms with Crippen LogP contribution in [0.1, 0.15) is 18.1 Å². The van der Waals surface area contributed by atoms with Crippen molar-refractivity contribution in [2.24, 2.45) is 0 Å². The minimum absolute atomic E-state index is 0.652. The largest absolute Gasteiger partial charge is 0.486 e. The van der Waals surface area contributed by atoms with Crippen LogP contribution < -0.4 is 9.47 Å². The Hall–Kier alpha value is -1.22. The normalized spacial score (nSPS) is 14.2. The topological polar surface area (TPSA) is 21.7 Å². The zero-order valence-corrected chi connectivity index (χ0v) is 10.2. The minimum Gasteiger partial charge on any atom is -0.486 e. The van der Waals surface area contributed by atoms with Crippen LogP contribution in [0.25, 0.3) is 0 Å². The summed E-state index contributed by atoms with van der Waals surface area (Å²) < 4.78 is 11.1. The van der Waals surface area contributed by atoms with Gasteiger partial charge in [-0.05, 0) is 43.8 Å². The summed E-state index contributed by atoms with van der Waals surface area (Å²) in [6.45, 7) is 7.59. The summed E-state index contributed by atoms with van der Waals surface area (Å²) in [5.74, 6) is 1.77. The van der Waals surface area contributed by atoms with Crippen LogP contribution in [0, 0.1) is 6.92 Å². The van der Waals surface area contributed by atoms with Crippen molar-refractivity contribution in [3.8, 4) is 11.5 Å². The molecule has 1 aliphatic heterocycles. The molecule has 0 aliphatic carbocycles. The quantitative estimate of drug-likeness (QED) is 0.781. The zero-order chi connectivity index (χ0) is 11.5. The Morgan fingerprint density at radius 1 is 1.19 bits per heavy atom. The zero-order valence-electron chi connectivity index (χ0n) is 10.2. The fourth-order valence-corrected chi connectivity index (χ4v) is 1.81. The number of aryl methyl sites for hydroxylation is 1. The number of rotatable bonds is 3. The van der Waals surface area contributed by atoms with E-state index in [9.17, 15) is 0 Å². The van der Waals surface area contributed by atoms with Crippen LogP contribution in [0.2, 0.25) is 0 Å². The molecule has 2 rings (SSSR count). The van der Waals surface area contributed by atoms with Gasteiger partial charge in [-0.25, -0.2) is 0 Å². The molecule has 0 aromatic heterocycles. The highest BCUT2D eigenvalue weighted by Crippen LogP contribution is 2.33. The first kappa shape index (κ1) is 11.3. The van der Waals surface area contributed by atoms with Crippen molar-refractivity contribution in [2.75, 3.05) is 26.8 Å². The first-order chi connectivity index (χ1) is 7.70. The van der Waals surface area contributed by atoms with E-state index in [-0.39, 0.29) is 0 Å². The van der Waals surface area contributed by atoms with Gasteiger partial charge in [0.1, 0.15) is 13.2 Å². The second-order valence-electron chi connectivity index (χ2n) is 4.25. The lowest BCUT2D eigenvalue weighted by molar-refractivity contribution is 0.171. The lowest BCUT2D eigenvalue weighted by atomic mass is 10.1. The van der Waals surface area contributed by atoms with Gasteiger partial charge in [-0.3, -0.25) is 0 Å². The third kappa shape index (κ3) is 2.30. The molecule has 3 heteroatoms. The van der Waals surface area contributed by atoms with Gasteiger partial charge in [-0.2, -0.15) is 0 Å². The molecule has 3 nitrogen and oxygen atoms in total. The monoisotopic (exact) mass is 221 g/mol. The molecule has 0 saturated carbocycles. The van der Waals surface area contributed by atoms with E-state index in [1.54, 1.807) is 0 Å². The van der Waals surface area contributed by atoms with E-state index in [1.807, 2.05) is 0 Å². The molecule has 0 bridgehead atoms. The van der Waals surface area contributed by atoms with E-state index in [0.29, 0.717) is 13.2 Å². The van der Waals surface area contributed by atoms with Crippen LogP contribution in [0.5, 0.6) is 11.5 Å². The van der Waals surface area contributed by atoms with Crippen LogP contribution in [0.15, 0.2) is 12.1 Å². The highest BCUT2D eigenvalue weighted by molar-refractivity contribution is 5.47. The second-order valence-corrected chi connectivity index (χ2v) is 4.25. The summed E-state index contributed by atoms with van der Waals surface area (Å²) in [6, 6.07) is 4.18. The fourth-order valence-electron chi connectivity index (χ4n) is 1.81. The van der Waals surface area contributed by atoms with Crippen molar-refractivity contribution in [1.82, 2.24) is 4.90 Å². The Labute approximate surface area is 97.0 Å². The highest BCUT2D eigenvalue weighted by atomic mass is 16.6. The molecule has 1 heterocycles. The van der Waals surface area contributed by atoms with E-state index in [1.165, 1.54) is 11.1 Å².